The molecule has 0 aromatic heterocycles. The predicted octanol–water partition coefficient (Wildman–Crippen LogP) is 0.739. The predicted molar refractivity (Wildman–Crippen MR) is 57.1 cm³/mol. The highest BCUT2D eigenvalue weighted by Crippen LogP contribution is 2.40. The van der Waals surface area contributed by atoms with Gasteiger partial charge >= 0.3 is 5.97 Å². The zero-order valence-electron chi connectivity index (χ0n) is 9.76. The highest BCUT2D eigenvalue weighted by molar-refractivity contribution is 5.72. The Balaban J connectivity index is 1.65. The number of carbonyl (C=O) groups excluding carboxylic acids is 1. The molecule has 0 bridgehead atoms. The number of ether oxygens (including phenoxy) is 3. The Bertz CT molecular complexity index is 310. The van der Waals surface area contributed by atoms with Crippen molar-refractivity contribution in [2.45, 2.75) is 62.6 Å². The van der Waals surface area contributed by atoms with Crippen LogP contribution < -0.4 is 0 Å². The minimum atomic E-state index is -0.755. The van der Waals surface area contributed by atoms with E-state index in [9.17, 15) is 9.90 Å². The van der Waals surface area contributed by atoms with Crippen molar-refractivity contribution in [3.63, 3.8) is 0 Å². The van der Waals surface area contributed by atoms with Crippen molar-refractivity contribution in [1.29, 1.82) is 0 Å². The smallest absolute Gasteiger partial charge is 0.309 e. The monoisotopic (exact) mass is 242 g/mol. The Morgan fingerprint density at radius 1 is 1.24 bits per heavy atom. The van der Waals surface area contributed by atoms with Crippen molar-refractivity contribution in [2.75, 3.05) is 6.61 Å². The molecule has 0 unspecified atom stereocenters. The van der Waals surface area contributed by atoms with E-state index >= 15 is 0 Å². The molecule has 2 saturated heterocycles. The van der Waals surface area contributed by atoms with E-state index in [4.69, 9.17) is 14.2 Å². The first-order valence-corrected chi connectivity index (χ1v) is 6.38. The molecule has 2 heterocycles. The molecule has 3 atom stereocenters. The second-order valence-electron chi connectivity index (χ2n) is 5.16. The molecule has 3 fully saturated rings. The van der Waals surface area contributed by atoms with Crippen LogP contribution in [-0.4, -0.2) is 41.8 Å². The van der Waals surface area contributed by atoms with Gasteiger partial charge < -0.3 is 19.3 Å². The fraction of sp³-hybridized carbons (Fsp3) is 0.917. The molecule has 5 heteroatoms. The SMILES string of the molecule is O=C1C[C@@H](O)[C@@H]([C@@H]2COC3(CCCCC3)O2)O1. The quantitative estimate of drug-likeness (QED) is 0.687. The minimum Gasteiger partial charge on any atom is -0.457 e. The van der Waals surface area contributed by atoms with Gasteiger partial charge in [-0.25, -0.2) is 0 Å². The van der Waals surface area contributed by atoms with Gasteiger partial charge in [-0.15, -0.1) is 0 Å². The summed E-state index contributed by atoms with van der Waals surface area (Å²) in [6, 6.07) is 0. The van der Waals surface area contributed by atoms with E-state index in [1.165, 1.54) is 6.42 Å². The fourth-order valence-electron chi connectivity index (χ4n) is 2.98. The summed E-state index contributed by atoms with van der Waals surface area (Å²) >= 11 is 0. The average Bonchev–Trinajstić information content (AvgIpc) is 2.84. The van der Waals surface area contributed by atoms with Crippen molar-refractivity contribution in [3.8, 4) is 0 Å². The number of rotatable bonds is 1. The van der Waals surface area contributed by atoms with Crippen molar-refractivity contribution in [3.05, 3.63) is 0 Å². The summed E-state index contributed by atoms with van der Waals surface area (Å²) in [4.78, 5) is 11.1. The summed E-state index contributed by atoms with van der Waals surface area (Å²) in [6.07, 6.45) is 3.70. The minimum absolute atomic E-state index is 0.0670. The van der Waals surface area contributed by atoms with E-state index < -0.39 is 18.0 Å². The summed E-state index contributed by atoms with van der Waals surface area (Å²) in [5.41, 5.74) is 0. The number of aliphatic hydroxyl groups excluding tert-OH is 1. The second kappa shape index (κ2) is 4.23. The lowest BCUT2D eigenvalue weighted by molar-refractivity contribution is -0.200. The van der Waals surface area contributed by atoms with Crippen molar-refractivity contribution >= 4 is 5.97 Å². The number of carbonyl (C=O) groups is 1. The van der Waals surface area contributed by atoms with E-state index in [-0.39, 0.29) is 18.5 Å². The van der Waals surface area contributed by atoms with E-state index in [1.54, 1.807) is 0 Å². The Morgan fingerprint density at radius 3 is 2.65 bits per heavy atom. The molecule has 1 aliphatic carbocycles. The summed E-state index contributed by atoms with van der Waals surface area (Å²) in [6.45, 7) is 0.412. The van der Waals surface area contributed by atoms with Crippen LogP contribution in [0, 0.1) is 0 Å². The first kappa shape index (κ1) is 11.4. The van der Waals surface area contributed by atoms with Crippen LogP contribution in [-0.2, 0) is 19.0 Å². The van der Waals surface area contributed by atoms with Gasteiger partial charge in [-0.2, -0.15) is 0 Å². The van der Waals surface area contributed by atoms with Gasteiger partial charge in [-0.1, -0.05) is 6.42 Å². The molecule has 0 aromatic rings. The fourth-order valence-corrected chi connectivity index (χ4v) is 2.98. The molecule has 17 heavy (non-hydrogen) atoms. The van der Waals surface area contributed by atoms with Crippen molar-refractivity contribution in [1.82, 2.24) is 0 Å². The molecule has 1 spiro atoms. The number of esters is 1. The molecule has 5 nitrogen and oxygen atoms in total. The molecule has 0 amide bonds. The summed E-state index contributed by atoms with van der Waals surface area (Å²) in [5.74, 6) is -0.826. The number of aliphatic hydroxyl groups is 1. The van der Waals surface area contributed by atoms with E-state index in [0.717, 1.165) is 25.7 Å². The lowest BCUT2D eigenvalue weighted by atomic mass is 9.94. The standard InChI is InChI=1S/C12H18O5/c13-8-6-10(14)16-11(8)9-7-15-12(17-9)4-2-1-3-5-12/h8-9,11,13H,1-7H2/t8-,9+,11+/m1/s1. The van der Waals surface area contributed by atoms with Crippen LogP contribution in [0.3, 0.4) is 0 Å². The Kier molecular flexibility index (Phi) is 2.84. The zero-order valence-corrected chi connectivity index (χ0v) is 9.76. The van der Waals surface area contributed by atoms with Crippen LogP contribution in [0.2, 0.25) is 0 Å². The van der Waals surface area contributed by atoms with Gasteiger partial charge in [-0.05, 0) is 12.8 Å². The molecular weight excluding hydrogens is 224 g/mol. The van der Waals surface area contributed by atoms with Crippen molar-refractivity contribution in [2.24, 2.45) is 0 Å². The number of cyclic esters (lactones) is 1. The van der Waals surface area contributed by atoms with Crippen LogP contribution in [0.15, 0.2) is 0 Å². The van der Waals surface area contributed by atoms with E-state index in [1.807, 2.05) is 0 Å². The van der Waals surface area contributed by atoms with Gasteiger partial charge in [0.2, 0.25) is 0 Å². The molecule has 3 rings (SSSR count). The number of hydrogen-bond donors (Lipinski definition) is 1. The first-order chi connectivity index (χ1) is 8.19. The largest absolute Gasteiger partial charge is 0.457 e. The third-order valence-electron chi connectivity index (χ3n) is 3.88. The molecular formula is C12H18O5. The third-order valence-corrected chi connectivity index (χ3v) is 3.88. The maximum Gasteiger partial charge on any atom is 0.309 e. The molecule has 0 radical (unpaired) electrons. The van der Waals surface area contributed by atoms with Gasteiger partial charge in [0, 0.05) is 12.8 Å². The number of hydrogen-bond acceptors (Lipinski definition) is 5. The Hall–Kier alpha value is -0.650. The zero-order chi connectivity index (χ0) is 11.9. The maximum atomic E-state index is 11.1. The van der Waals surface area contributed by atoms with E-state index in [0.29, 0.717) is 6.61 Å². The molecule has 0 aromatic carbocycles. The molecule has 96 valence electrons. The van der Waals surface area contributed by atoms with Crippen LogP contribution in [0.25, 0.3) is 0 Å². The average molecular weight is 242 g/mol. The lowest BCUT2D eigenvalue weighted by Gasteiger charge is -2.32. The van der Waals surface area contributed by atoms with Crippen LogP contribution in [0.5, 0.6) is 0 Å². The van der Waals surface area contributed by atoms with E-state index in [2.05, 4.69) is 0 Å². The normalized spacial score (nSPS) is 40.8. The van der Waals surface area contributed by atoms with Gasteiger partial charge in [0.15, 0.2) is 11.9 Å². The van der Waals surface area contributed by atoms with Gasteiger partial charge in [0.05, 0.1) is 13.0 Å². The van der Waals surface area contributed by atoms with Gasteiger partial charge in [0.1, 0.15) is 12.2 Å². The molecule has 2 aliphatic heterocycles. The summed E-state index contributed by atoms with van der Waals surface area (Å²) in [7, 11) is 0. The highest BCUT2D eigenvalue weighted by Gasteiger charge is 2.49. The Morgan fingerprint density at radius 2 is 2.00 bits per heavy atom. The van der Waals surface area contributed by atoms with Crippen molar-refractivity contribution < 1.29 is 24.1 Å². The molecule has 3 aliphatic rings. The summed E-state index contributed by atoms with van der Waals surface area (Å²) in [5, 5.41) is 9.73. The van der Waals surface area contributed by atoms with Crippen LogP contribution in [0.4, 0.5) is 0 Å². The summed E-state index contributed by atoms with van der Waals surface area (Å²) < 4.78 is 16.8. The van der Waals surface area contributed by atoms with Crippen LogP contribution >= 0.6 is 0 Å². The highest BCUT2D eigenvalue weighted by atomic mass is 16.8. The third kappa shape index (κ3) is 2.07. The first-order valence-electron chi connectivity index (χ1n) is 6.38. The second-order valence-corrected chi connectivity index (χ2v) is 5.16. The van der Waals surface area contributed by atoms with Gasteiger partial charge in [0.25, 0.3) is 0 Å². The molecule has 1 N–H and O–H groups in total. The topological polar surface area (TPSA) is 65.0 Å². The van der Waals surface area contributed by atoms with Gasteiger partial charge in [-0.3, -0.25) is 4.79 Å². The lowest BCUT2D eigenvalue weighted by Crippen LogP contribution is -2.39. The molecule has 1 saturated carbocycles. The maximum absolute atomic E-state index is 11.1. The Labute approximate surface area is 100 Å². The van der Waals surface area contributed by atoms with Crippen LogP contribution in [0.1, 0.15) is 38.5 Å².